The van der Waals surface area contributed by atoms with Crippen LogP contribution in [0.4, 0.5) is 11.4 Å². The Kier molecular flexibility index (Phi) is 5.73. The van der Waals surface area contributed by atoms with Crippen LogP contribution in [0.15, 0.2) is 24.3 Å². The number of sulfone groups is 1. The predicted molar refractivity (Wildman–Crippen MR) is 94.5 cm³/mol. The van der Waals surface area contributed by atoms with Gasteiger partial charge in [0.25, 0.3) is 0 Å². The number of nitrogens with one attached hydrogen (secondary N) is 1. The van der Waals surface area contributed by atoms with Crippen molar-refractivity contribution in [2.45, 2.75) is 39.7 Å². The van der Waals surface area contributed by atoms with Crippen LogP contribution in [0.3, 0.4) is 0 Å². The molecule has 1 aromatic carbocycles. The molecular formula is C17H28N2O2S. The molecule has 2 rings (SSSR count). The summed E-state index contributed by atoms with van der Waals surface area (Å²) in [6.07, 6.45) is 2.38. The van der Waals surface area contributed by atoms with Crippen molar-refractivity contribution < 1.29 is 8.42 Å². The van der Waals surface area contributed by atoms with E-state index in [9.17, 15) is 8.42 Å². The highest BCUT2D eigenvalue weighted by atomic mass is 32.2. The molecule has 124 valence electrons. The number of nitrogens with zero attached hydrogens (tertiary/aromatic N) is 1. The van der Waals surface area contributed by atoms with Crippen LogP contribution in [0.1, 0.15) is 33.6 Å². The monoisotopic (exact) mass is 324 g/mol. The summed E-state index contributed by atoms with van der Waals surface area (Å²) in [5, 5.41) is 3.55. The average molecular weight is 324 g/mol. The minimum atomic E-state index is -2.83. The van der Waals surface area contributed by atoms with Crippen molar-refractivity contribution in [2.75, 3.05) is 34.8 Å². The molecule has 1 fully saturated rings. The van der Waals surface area contributed by atoms with E-state index >= 15 is 0 Å². The fourth-order valence-corrected chi connectivity index (χ4v) is 3.90. The van der Waals surface area contributed by atoms with Crippen molar-refractivity contribution in [3.05, 3.63) is 24.3 Å². The van der Waals surface area contributed by atoms with E-state index in [2.05, 4.69) is 49.2 Å². The van der Waals surface area contributed by atoms with Gasteiger partial charge in [-0.25, -0.2) is 8.42 Å². The lowest BCUT2D eigenvalue weighted by Crippen LogP contribution is -2.40. The highest BCUT2D eigenvalue weighted by Gasteiger charge is 2.21. The maximum atomic E-state index is 11.5. The van der Waals surface area contributed by atoms with Crippen molar-refractivity contribution in [1.29, 1.82) is 0 Å². The van der Waals surface area contributed by atoms with Gasteiger partial charge in [-0.15, -0.1) is 0 Å². The molecule has 0 saturated carbocycles. The Bertz CT molecular complexity index is 570. The van der Waals surface area contributed by atoms with Gasteiger partial charge in [0, 0.05) is 30.5 Å². The lowest BCUT2D eigenvalue weighted by atomic mass is 10.0. The number of anilines is 2. The molecule has 1 aliphatic rings. The number of hydrogen-bond donors (Lipinski definition) is 1. The predicted octanol–water partition coefficient (Wildman–Crippen LogP) is 3.16. The largest absolute Gasteiger partial charge is 0.383 e. The van der Waals surface area contributed by atoms with E-state index in [1.54, 1.807) is 0 Å². The van der Waals surface area contributed by atoms with Gasteiger partial charge in [0.2, 0.25) is 0 Å². The Morgan fingerprint density at radius 3 is 2.45 bits per heavy atom. The van der Waals surface area contributed by atoms with Crippen molar-refractivity contribution >= 4 is 21.2 Å². The second-order valence-electron chi connectivity index (χ2n) is 6.71. The summed E-state index contributed by atoms with van der Waals surface area (Å²) >= 11 is 0. The Morgan fingerprint density at radius 1 is 1.14 bits per heavy atom. The zero-order chi connectivity index (χ0) is 16.2. The lowest BCUT2D eigenvalue weighted by molar-refractivity contribution is 0.528. The molecule has 1 saturated heterocycles. The van der Waals surface area contributed by atoms with Crippen molar-refractivity contribution in [1.82, 2.24) is 0 Å². The highest BCUT2D eigenvalue weighted by Crippen LogP contribution is 2.22. The summed E-state index contributed by atoms with van der Waals surface area (Å²) in [6, 6.07) is 8.75. The topological polar surface area (TPSA) is 49.4 Å². The highest BCUT2D eigenvalue weighted by molar-refractivity contribution is 7.91. The molecule has 1 aromatic rings. The fourth-order valence-electron chi connectivity index (χ4n) is 2.70. The van der Waals surface area contributed by atoms with Crippen LogP contribution in [0, 0.1) is 5.92 Å². The van der Waals surface area contributed by atoms with Crippen LogP contribution in [-0.2, 0) is 9.84 Å². The van der Waals surface area contributed by atoms with Gasteiger partial charge in [-0.05, 0) is 43.9 Å². The standard InChI is InChI=1S/C17H28N2O2S/c1-14(2)7-8-15(3)18-16-5-4-6-17(13-16)19-9-11-22(20,21)12-10-19/h4-6,13-15,18H,7-12H2,1-3H3/t15-/m1/s1. The molecule has 1 heterocycles. The van der Waals surface area contributed by atoms with E-state index in [4.69, 9.17) is 0 Å². The molecule has 1 N–H and O–H groups in total. The first kappa shape index (κ1) is 17.1. The third kappa shape index (κ3) is 5.20. The first-order valence-electron chi connectivity index (χ1n) is 8.18. The van der Waals surface area contributed by atoms with Gasteiger partial charge in [0.1, 0.15) is 0 Å². The first-order valence-corrected chi connectivity index (χ1v) is 10.00. The molecule has 0 radical (unpaired) electrons. The number of benzene rings is 1. The SMILES string of the molecule is CC(C)CC[C@@H](C)Nc1cccc(N2CCS(=O)(=O)CC2)c1. The zero-order valence-electron chi connectivity index (χ0n) is 13.9. The van der Waals surface area contributed by atoms with E-state index in [0.717, 1.165) is 23.7 Å². The van der Waals surface area contributed by atoms with Gasteiger partial charge < -0.3 is 10.2 Å². The second-order valence-corrected chi connectivity index (χ2v) is 9.01. The van der Waals surface area contributed by atoms with Gasteiger partial charge in [-0.3, -0.25) is 0 Å². The van der Waals surface area contributed by atoms with Crippen LogP contribution in [0.5, 0.6) is 0 Å². The third-order valence-electron chi connectivity index (χ3n) is 4.15. The Balaban J connectivity index is 1.95. The Morgan fingerprint density at radius 2 is 1.82 bits per heavy atom. The van der Waals surface area contributed by atoms with E-state index in [0.29, 0.717) is 19.1 Å². The van der Waals surface area contributed by atoms with Crippen molar-refractivity contribution in [2.24, 2.45) is 5.92 Å². The van der Waals surface area contributed by atoms with Crippen LogP contribution < -0.4 is 10.2 Å². The van der Waals surface area contributed by atoms with E-state index in [1.165, 1.54) is 6.42 Å². The zero-order valence-corrected chi connectivity index (χ0v) is 14.7. The minimum Gasteiger partial charge on any atom is -0.383 e. The number of rotatable bonds is 6. The summed E-state index contributed by atoms with van der Waals surface area (Å²) in [6.45, 7) is 7.89. The van der Waals surface area contributed by atoms with E-state index < -0.39 is 9.84 Å². The maximum Gasteiger partial charge on any atom is 0.153 e. The molecule has 0 aromatic heterocycles. The minimum absolute atomic E-state index is 0.259. The summed E-state index contributed by atoms with van der Waals surface area (Å²) in [4.78, 5) is 2.16. The van der Waals surface area contributed by atoms with Gasteiger partial charge in [-0.1, -0.05) is 19.9 Å². The Hall–Kier alpha value is -1.23. The first-order chi connectivity index (χ1) is 10.4. The van der Waals surface area contributed by atoms with Crippen LogP contribution in [-0.4, -0.2) is 39.1 Å². The molecule has 5 heteroatoms. The molecule has 22 heavy (non-hydrogen) atoms. The molecule has 0 unspecified atom stereocenters. The maximum absolute atomic E-state index is 11.5. The molecule has 0 spiro atoms. The van der Waals surface area contributed by atoms with Gasteiger partial charge in [0.05, 0.1) is 11.5 Å². The van der Waals surface area contributed by atoms with E-state index in [-0.39, 0.29) is 11.5 Å². The lowest BCUT2D eigenvalue weighted by Gasteiger charge is -2.29. The normalized spacial score (nSPS) is 19.2. The third-order valence-corrected chi connectivity index (χ3v) is 5.75. The van der Waals surface area contributed by atoms with Gasteiger partial charge in [0.15, 0.2) is 9.84 Å². The van der Waals surface area contributed by atoms with Gasteiger partial charge >= 0.3 is 0 Å². The summed E-state index contributed by atoms with van der Waals surface area (Å²) in [5.41, 5.74) is 2.22. The molecule has 0 aliphatic carbocycles. The molecule has 0 amide bonds. The van der Waals surface area contributed by atoms with Gasteiger partial charge in [-0.2, -0.15) is 0 Å². The Labute approximate surface area is 134 Å². The van der Waals surface area contributed by atoms with Crippen molar-refractivity contribution in [3.8, 4) is 0 Å². The van der Waals surface area contributed by atoms with Crippen LogP contribution in [0.25, 0.3) is 0 Å². The average Bonchev–Trinajstić information content (AvgIpc) is 2.45. The van der Waals surface area contributed by atoms with Crippen molar-refractivity contribution in [3.63, 3.8) is 0 Å². The summed E-state index contributed by atoms with van der Waals surface area (Å²) in [7, 11) is -2.83. The number of hydrogen-bond acceptors (Lipinski definition) is 4. The molecule has 1 aliphatic heterocycles. The van der Waals surface area contributed by atoms with Crippen LogP contribution in [0.2, 0.25) is 0 Å². The molecule has 0 bridgehead atoms. The summed E-state index contributed by atoms with van der Waals surface area (Å²) < 4.78 is 23.1. The fraction of sp³-hybridized carbons (Fsp3) is 0.647. The smallest absolute Gasteiger partial charge is 0.153 e. The molecule has 1 atom stereocenters. The van der Waals surface area contributed by atoms with Crippen LogP contribution >= 0.6 is 0 Å². The molecular weight excluding hydrogens is 296 g/mol. The molecule has 4 nitrogen and oxygen atoms in total. The summed E-state index contributed by atoms with van der Waals surface area (Å²) in [5.74, 6) is 1.25. The quantitative estimate of drug-likeness (QED) is 0.873. The van der Waals surface area contributed by atoms with E-state index in [1.807, 2.05) is 6.07 Å². The second kappa shape index (κ2) is 7.36.